The van der Waals surface area contributed by atoms with Crippen LogP contribution in [-0.4, -0.2) is 28.4 Å². The Hall–Kier alpha value is -8.12. The maximum Gasteiger partial charge on any atom is 0.119 e. The maximum atomic E-state index is 5.48. The van der Waals surface area contributed by atoms with Gasteiger partial charge in [0.1, 0.15) is 23.0 Å². The number of rotatable bonds is 14. The minimum Gasteiger partial charge on any atom is -0.497 e. The van der Waals surface area contributed by atoms with E-state index < -0.39 is 0 Å². The second-order valence-corrected chi connectivity index (χ2v) is 23.8. The Labute approximate surface area is 471 Å². The van der Waals surface area contributed by atoms with Crippen molar-refractivity contribution in [3.8, 4) is 64.8 Å². The highest BCUT2D eigenvalue weighted by Crippen LogP contribution is 2.47. The fourth-order valence-electron chi connectivity index (χ4n) is 10.6. The van der Waals surface area contributed by atoms with Crippen LogP contribution in [0.2, 0.25) is 0 Å². The highest BCUT2D eigenvalue weighted by molar-refractivity contribution is 7.31. The number of thiophene rings is 4. The largest absolute Gasteiger partial charge is 0.497 e. The summed E-state index contributed by atoms with van der Waals surface area (Å²) in [7, 11) is 6.79. The van der Waals surface area contributed by atoms with Crippen molar-refractivity contribution >= 4 is 98.3 Å². The van der Waals surface area contributed by atoms with Gasteiger partial charge in [-0.15, -0.1) is 45.3 Å². The zero-order chi connectivity index (χ0) is 52.7. The van der Waals surface area contributed by atoms with Gasteiger partial charge >= 0.3 is 0 Å². The molecule has 4 aliphatic rings. The first-order valence-corrected chi connectivity index (χ1v) is 29.3. The third kappa shape index (κ3) is 9.82. The first-order valence-electron chi connectivity index (χ1n) is 26.1. The van der Waals surface area contributed by atoms with Crippen LogP contribution in [-0.2, 0) is 25.7 Å². The molecule has 16 rings (SSSR count). The van der Waals surface area contributed by atoms with E-state index >= 15 is 0 Å². The van der Waals surface area contributed by atoms with Gasteiger partial charge < -0.3 is 28.7 Å². The van der Waals surface area contributed by atoms with Gasteiger partial charge in [0.25, 0.3) is 0 Å². The fraction of sp³-hybridized carbons (Fsp3) is 0.118. The molecule has 0 radical (unpaired) electrons. The van der Waals surface area contributed by atoms with E-state index in [0.29, 0.717) is 0 Å². The molecule has 0 saturated carbocycles. The Morgan fingerprint density at radius 1 is 0.282 bits per heavy atom. The third-order valence-electron chi connectivity index (χ3n) is 14.8. The van der Waals surface area contributed by atoms with Gasteiger partial charge in [0.15, 0.2) is 0 Å². The molecule has 0 aliphatic heterocycles. The van der Waals surface area contributed by atoms with E-state index in [1.165, 1.54) is 82.8 Å². The summed E-state index contributed by atoms with van der Waals surface area (Å²) >= 11 is 7.61. The average Bonchev–Trinajstić information content (AvgIpc) is 4.36. The number of anilines is 6. The summed E-state index contributed by atoms with van der Waals surface area (Å²) in [6, 6.07) is 74.8. The van der Waals surface area contributed by atoms with Gasteiger partial charge in [0.05, 0.1) is 28.4 Å². The maximum absolute atomic E-state index is 5.48. The zero-order valence-electron chi connectivity index (χ0n) is 43.6. The SMILES string of the molecule is COc1ccc(N(c2ccc(OC)cc2)c2ccc(-c3cc4sc(-c5cc6ccc5CCc5ccc(cc5-c5cc7sc(-c8ccc(N(c9ccc(OC)cc9)c9ccc(OC)cc9)cc8)cc7s5)CC6)cc4s3)cc2)cc1. The van der Waals surface area contributed by atoms with E-state index in [1.807, 2.05) is 93.9 Å². The lowest BCUT2D eigenvalue weighted by atomic mass is 9.90. The summed E-state index contributed by atoms with van der Waals surface area (Å²) in [5, 5.41) is 0. The third-order valence-corrected chi connectivity index (χ3v) is 19.6. The molecule has 4 aromatic heterocycles. The lowest BCUT2D eigenvalue weighted by Gasteiger charge is -2.26. The molecule has 4 bridgehead atoms. The highest BCUT2D eigenvalue weighted by atomic mass is 32.1. The Morgan fingerprint density at radius 2 is 0.551 bits per heavy atom. The number of aryl methyl sites for hydroxylation is 4. The van der Waals surface area contributed by atoms with Gasteiger partial charge in [-0.1, -0.05) is 60.7 Å². The van der Waals surface area contributed by atoms with Crippen LogP contribution < -0.4 is 28.7 Å². The summed E-state index contributed by atoms with van der Waals surface area (Å²) < 4.78 is 27.2. The smallest absolute Gasteiger partial charge is 0.119 e. The van der Waals surface area contributed by atoms with Crippen molar-refractivity contribution in [3.63, 3.8) is 0 Å². The van der Waals surface area contributed by atoms with E-state index in [1.54, 1.807) is 28.4 Å². The minimum atomic E-state index is 0.827. The summed E-state index contributed by atoms with van der Waals surface area (Å²) in [6.07, 6.45) is 3.95. The van der Waals surface area contributed by atoms with Crippen LogP contribution in [0, 0.1) is 0 Å². The van der Waals surface area contributed by atoms with E-state index in [-0.39, 0.29) is 0 Å². The lowest BCUT2D eigenvalue weighted by molar-refractivity contribution is 0.414. The first-order chi connectivity index (χ1) is 38.4. The molecule has 0 fully saturated rings. The lowest BCUT2D eigenvalue weighted by Crippen LogP contribution is -2.09. The van der Waals surface area contributed by atoms with Gasteiger partial charge in [-0.25, -0.2) is 0 Å². The second-order valence-electron chi connectivity index (χ2n) is 19.4. The van der Waals surface area contributed by atoms with E-state index in [9.17, 15) is 0 Å². The summed E-state index contributed by atoms with van der Waals surface area (Å²) in [6.45, 7) is 0. The Morgan fingerprint density at radius 3 is 0.846 bits per heavy atom. The number of ether oxygens (including phenoxy) is 4. The van der Waals surface area contributed by atoms with Crippen molar-refractivity contribution < 1.29 is 18.9 Å². The van der Waals surface area contributed by atoms with E-state index in [0.717, 1.165) is 82.8 Å². The predicted molar refractivity (Wildman–Crippen MR) is 332 cm³/mol. The molecule has 10 heteroatoms. The number of fused-ring (bicyclic) bond motifs is 2. The number of hydrogen-bond donors (Lipinski definition) is 0. The van der Waals surface area contributed by atoms with E-state index in [2.05, 4.69) is 168 Å². The monoisotopic (exact) mass is 1090 g/mol. The van der Waals surface area contributed by atoms with Crippen molar-refractivity contribution in [2.24, 2.45) is 0 Å². The fourth-order valence-corrected chi connectivity index (χ4v) is 15.5. The Balaban J connectivity index is 0.732. The number of methoxy groups -OCH3 is 4. The number of benzene rings is 8. The molecular formula is C68H54N2O4S4. The van der Waals surface area contributed by atoms with Gasteiger partial charge in [0.2, 0.25) is 0 Å². The average molecular weight is 1090 g/mol. The van der Waals surface area contributed by atoms with Crippen molar-refractivity contribution in [1.82, 2.24) is 0 Å². The molecule has 8 aromatic carbocycles. The van der Waals surface area contributed by atoms with Crippen LogP contribution in [0.1, 0.15) is 22.3 Å². The molecule has 0 saturated heterocycles. The van der Waals surface area contributed by atoms with Crippen LogP contribution in [0.5, 0.6) is 23.0 Å². The van der Waals surface area contributed by atoms with Crippen LogP contribution in [0.25, 0.3) is 60.6 Å². The molecule has 0 amide bonds. The number of hydrogen-bond acceptors (Lipinski definition) is 10. The summed E-state index contributed by atoms with van der Waals surface area (Å²) in [5.41, 5.74) is 17.2. The Kier molecular flexibility index (Phi) is 13.5. The van der Waals surface area contributed by atoms with Gasteiger partial charge in [-0.05, 0) is 216 Å². The second kappa shape index (κ2) is 21.4. The van der Waals surface area contributed by atoms with Crippen molar-refractivity contribution in [3.05, 3.63) is 229 Å². The van der Waals surface area contributed by atoms with Crippen molar-refractivity contribution in [2.45, 2.75) is 25.7 Å². The van der Waals surface area contributed by atoms with Crippen LogP contribution >= 0.6 is 45.3 Å². The Bertz CT molecular complexity index is 3640. The first kappa shape index (κ1) is 49.5. The minimum absolute atomic E-state index is 0.827. The normalized spacial score (nSPS) is 12.2. The number of nitrogens with zero attached hydrogens (tertiary/aromatic N) is 2. The standard InChI is InChI=1S/C68H54N2O4S4/c1-71-55-29-21-51(22-30-55)69(52-23-31-56(72-2)32-24-52)49-17-13-47(14-18-49)61-39-65-67(75-61)41-63(77-65)59-37-43-5-6-44-8-10-46(12-11-45(59)9-7-43)60(38-44)64-42-68-66(78-64)40-62(76-68)48-15-19-50(20-16-48)70(53-25-33-57(73-3)34-26-53)54-27-35-58(74-4)36-28-54/h7-10,13-42H,5-6,11-12H2,1-4H3. The van der Waals surface area contributed by atoms with Crippen LogP contribution in [0.3, 0.4) is 0 Å². The van der Waals surface area contributed by atoms with Crippen molar-refractivity contribution in [2.75, 3.05) is 38.2 Å². The predicted octanol–water partition coefficient (Wildman–Crippen LogP) is 19.8. The molecule has 384 valence electrons. The molecule has 0 atom stereocenters. The van der Waals surface area contributed by atoms with Crippen LogP contribution in [0.4, 0.5) is 34.1 Å². The molecule has 0 N–H and O–H groups in total. The quantitative estimate of drug-likeness (QED) is 0.108. The molecule has 78 heavy (non-hydrogen) atoms. The highest BCUT2D eigenvalue weighted by Gasteiger charge is 2.20. The van der Waals surface area contributed by atoms with Gasteiger partial charge in [0, 0.05) is 72.4 Å². The van der Waals surface area contributed by atoms with Crippen LogP contribution in [0.15, 0.2) is 206 Å². The molecule has 6 nitrogen and oxygen atoms in total. The van der Waals surface area contributed by atoms with E-state index in [4.69, 9.17) is 18.9 Å². The summed E-state index contributed by atoms with van der Waals surface area (Å²) in [5.74, 6) is 3.31. The molecule has 4 aliphatic carbocycles. The topological polar surface area (TPSA) is 43.4 Å². The molecule has 4 heterocycles. The molecule has 0 spiro atoms. The van der Waals surface area contributed by atoms with Gasteiger partial charge in [-0.3, -0.25) is 0 Å². The summed E-state index contributed by atoms with van der Waals surface area (Å²) in [4.78, 5) is 9.78. The molecule has 12 aromatic rings. The zero-order valence-corrected chi connectivity index (χ0v) is 46.9. The van der Waals surface area contributed by atoms with Crippen molar-refractivity contribution in [1.29, 1.82) is 0 Å². The molecular weight excluding hydrogens is 1040 g/mol. The van der Waals surface area contributed by atoms with Gasteiger partial charge in [-0.2, -0.15) is 0 Å². The molecule has 0 unspecified atom stereocenters.